The fraction of sp³-hybridized carbons (Fsp3) is 0.846. The quantitative estimate of drug-likeness (QED) is 0.543. The van der Waals surface area contributed by atoms with Crippen LogP contribution in [0.25, 0.3) is 0 Å². The molecule has 0 radical (unpaired) electrons. The van der Waals surface area contributed by atoms with Gasteiger partial charge < -0.3 is 13.3 Å². The fourth-order valence-corrected chi connectivity index (χ4v) is 4.42. The molecule has 21 heavy (non-hydrogen) atoms. The lowest BCUT2D eigenvalue weighted by molar-refractivity contribution is -0.168. The summed E-state index contributed by atoms with van der Waals surface area (Å²) in [5, 5.41) is 0. The van der Waals surface area contributed by atoms with Crippen molar-refractivity contribution in [2.24, 2.45) is 0 Å². The minimum Gasteiger partial charge on any atom is -0.517 e. The van der Waals surface area contributed by atoms with Crippen LogP contribution in [0.3, 0.4) is 0 Å². The van der Waals surface area contributed by atoms with Crippen molar-refractivity contribution < 1.29 is 22.9 Å². The van der Waals surface area contributed by atoms with Gasteiger partial charge in [-0.05, 0) is 65.8 Å². The molecule has 0 aromatic rings. The van der Waals surface area contributed by atoms with Crippen LogP contribution in [0.1, 0.15) is 6.92 Å². The summed E-state index contributed by atoms with van der Waals surface area (Å²) in [7, 11) is -6.38. The summed E-state index contributed by atoms with van der Waals surface area (Å²) in [6.07, 6.45) is 0. The number of hydrogen-bond donors (Lipinski definition) is 0. The van der Waals surface area contributed by atoms with Gasteiger partial charge in [0.05, 0.1) is 0 Å². The summed E-state index contributed by atoms with van der Waals surface area (Å²) in [6.45, 7) is 18.6. The van der Waals surface area contributed by atoms with Crippen molar-refractivity contribution in [1.29, 1.82) is 0 Å². The van der Waals surface area contributed by atoms with E-state index in [1.807, 2.05) is 58.9 Å². The predicted octanol–water partition coefficient (Wildman–Crippen LogP) is 3.35. The average molecular weight is 351 g/mol. The third-order valence-corrected chi connectivity index (χ3v) is 4.70. The van der Waals surface area contributed by atoms with Crippen LogP contribution < -0.4 is 0 Å². The Kier molecular flexibility index (Phi) is 6.21. The van der Waals surface area contributed by atoms with E-state index in [9.17, 15) is 9.59 Å². The minimum absolute atomic E-state index is 0.632. The summed E-state index contributed by atoms with van der Waals surface area (Å²) < 4.78 is 16.9. The van der Waals surface area contributed by atoms with Gasteiger partial charge in [0.1, 0.15) is 0 Å². The van der Waals surface area contributed by atoms with Gasteiger partial charge in [0.2, 0.25) is 22.2 Å². The summed E-state index contributed by atoms with van der Waals surface area (Å²) in [5.74, 6) is -1.26. The molecule has 124 valence electrons. The number of hydrogen-bond acceptors (Lipinski definition) is 5. The van der Waals surface area contributed by atoms with Crippen molar-refractivity contribution in [2.75, 3.05) is 0 Å². The van der Waals surface area contributed by atoms with E-state index in [1.54, 1.807) is 0 Å². The summed E-state index contributed by atoms with van der Waals surface area (Å²) in [5.41, 5.74) is -1.68. The molecule has 0 heterocycles. The summed E-state index contributed by atoms with van der Waals surface area (Å²) >= 11 is 0. The average Bonchev–Trinajstić information content (AvgIpc) is 2.08. The van der Waals surface area contributed by atoms with Gasteiger partial charge in [0.15, 0.2) is 8.32 Å². The van der Waals surface area contributed by atoms with Crippen molar-refractivity contribution in [3.63, 3.8) is 0 Å². The molecule has 0 fully saturated rings. The van der Waals surface area contributed by atoms with Crippen LogP contribution in [-0.4, -0.2) is 42.5 Å². The third kappa shape index (κ3) is 7.93. The van der Waals surface area contributed by atoms with Gasteiger partial charge in [-0.3, -0.25) is 0 Å². The van der Waals surface area contributed by atoms with Gasteiger partial charge in [-0.2, -0.15) is 0 Å². The molecule has 0 aromatic carbocycles. The van der Waals surface area contributed by atoms with E-state index in [1.165, 1.54) is 6.92 Å². The van der Waals surface area contributed by atoms with E-state index in [0.717, 1.165) is 0 Å². The highest BCUT2D eigenvalue weighted by molar-refractivity contribution is 6.73. The Labute approximate surface area is 131 Å². The van der Waals surface area contributed by atoms with Crippen LogP contribution in [0.15, 0.2) is 0 Å². The molecule has 0 saturated heterocycles. The van der Waals surface area contributed by atoms with Crippen LogP contribution >= 0.6 is 0 Å². The lowest BCUT2D eigenvalue weighted by Crippen LogP contribution is -2.57. The second-order valence-corrected chi connectivity index (χ2v) is 21.5. The molecule has 0 aliphatic heterocycles. The van der Waals surface area contributed by atoms with E-state index in [0.29, 0.717) is 0 Å². The Balaban J connectivity index is 5.48. The van der Waals surface area contributed by atoms with Crippen LogP contribution in [0.5, 0.6) is 0 Å². The monoisotopic (exact) mass is 350 g/mol. The summed E-state index contributed by atoms with van der Waals surface area (Å²) in [4.78, 5) is 25.0. The van der Waals surface area contributed by atoms with Crippen LogP contribution in [0.2, 0.25) is 58.9 Å². The standard InChI is InChI=1S/C13H30O5Si3/c1-13(18-21(8,9)10,11(14)16-19(2,3)4)12(15)17-20(5,6)7/h1-10H3. The van der Waals surface area contributed by atoms with Crippen molar-refractivity contribution >= 4 is 36.9 Å². The Bertz CT molecular complexity index is 374. The Hall–Kier alpha value is -0.449. The van der Waals surface area contributed by atoms with Gasteiger partial charge in [-0.1, -0.05) is 0 Å². The van der Waals surface area contributed by atoms with Gasteiger partial charge in [0.25, 0.3) is 0 Å². The van der Waals surface area contributed by atoms with Crippen molar-refractivity contribution in [2.45, 2.75) is 71.4 Å². The molecule has 0 rings (SSSR count). The van der Waals surface area contributed by atoms with Gasteiger partial charge in [0, 0.05) is 0 Å². The second-order valence-electron chi connectivity index (χ2n) is 8.25. The normalized spacial score (nSPS) is 13.8. The predicted molar refractivity (Wildman–Crippen MR) is 91.7 cm³/mol. The van der Waals surface area contributed by atoms with Crippen molar-refractivity contribution in [1.82, 2.24) is 0 Å². The highest BCUT2D eigenvalue weighted by Crippen LogP contribution is 2.25. The molecule has 8 heteroatoms. The third-order valence-electron chi connectivity index (χ3n) is 2.09. The largest absolute Gasteiger partial charge is 0.517 e. The Morgan fingerprint density at radius 1 is 0.667 bits per heavy atom. The number of carbonyl (C=O) groups is 2. The molecular formula is C13H30O5Si3. The minimum atomic E-state index is -2.14. The Morgan fingerprint density at radius 3 is 1.14 bits per heavy atom. The van der Waals surface area contributed by atoms with E-state index < -0.39 is 42.5 Å². The zero-order valence-electron chi connectivity index (χ0n) is 15.0. The second kappa shape index (κ2) is 6.35. The molecule has 0 aliphatic rings. The van der Waals surface area contributed by atoms with E-state index in [-0.39, 0.29) is 0 Å². The van der Waals surface area contributed by atoms with Gasteiger partial charge >= 0.3 is 11.9 Å². The molecular weight excluding hydrogens is 320 g/mol. The first-order valence-corrected chi connectivity index (χ1v) is 17.4. The fourth-order valence-electron chi connectivity index (χ4n) is 1.53. The van der Waals surface area contributed by atoms with Crippen molar-refractivity contribution in [3.05, 3.63) is 0 Å². The van der Waals surface area contributed by atoms with Crippen molar-refractivity contribution in [3.8, 4) is 0 Å². The maximum atomic E-state index is 12.5. The molecule has 0 atom stereocenters. The Morgan fingerprint density at radius 2 is 0.952 bits per heavy atom. The number of carbonyl (C=O) groups excluding carboxylic acids is 2. The van der Waals surface area contributed by atoms with Crippen LogP contribution in [0.4, 0.5) is 0 Å². The molecule has 0 spiro atoms. The number of rotatable bonds is 6. The molecule has 0 unspecified atom stereocenters. The van der Waals surface area contributed by atoms with Crippen LogP contribution in [-0.2, 0) is 22.9 Å². The molecule has 0 aliphatic carbocycles. The zero-order valence-corrected chi connectivity index (χ0v) is 18.0. The zero-order chi connectivity index (χ0) is 17.3. The van der Waals surface area contributed by atoms with Crippen LogP contribution in [0, 0.1) is 0 Å². The molecule has 0 aromatic heterocycles. The molecule has 0 amide bonds. The van der Waals surface area contributed by atoms with E-state index in [2.05, 4.69) is 0 Å². The first-order chi connectivity index (χ1) is 8.96. The molecule has 5 nitrogen and oxygen atoms in total. The maximum Gasteiger partial charge on any atom is 0.335 e. The van der Waals surface area contributed by atoms with E-state index >= 15 is 0 Å². The molecule has 0 saturated carbocycles. The topological polar surface area (TPSA) is 61.8 Å². The molecule has 0 N–H and O–H groups in total. The lowest BCUT2D eigenvalue weighted by atomic mass is 10.1. The van der Waals surface area contributed by atoms with E-state index in [4.69, 9.17) is 13.3 Å². The highest BCUT2D eigenvalue weighted by Gasteiger charge is 2.50. The first kappa shape index (κ1) is 20.6. The van der Waals surface area contributed by atoms with Gasteiger partial charge in [-0.25, -0.2) is 9.59 Å². The SMILES string of the molecule is CC(O[Si](C)(C)C)(C(=O)O[Si](C)(C)C)C(=O)O[Si](C)(C)C. The van der Waals surface area contributed by atoms with Gasteiger partial charge in [-0.15, -0.1) is 0 Å². The lowest BCUT2D eigenvalue weighted by Gasteiger charge is -2.35. The smallest absolute Gasteiger partial charge is 0.335 e. The highest BCUT2D eigenvalue weighted by atomic mass is 28.4. The molecule has 0 bridgehead atoms. The summed E-state index contributed by atoms with van der Waals surface area (Å²) in [6, 6.07) is 0. The first-order valence-electron chi connectivity index (χ1n) is 7.13. The maximum absolute atomic E-state index is 12.5.